The van der Waals surface area contributed by atoms with E-state index in [1.165, 1.54) is 12.7 Å². The predicted octanol–water partition coefficient (Wildman–Crippen LogP) is 4.87. The van der Waals surface area contributed by atoms with E-state index >= 15 is 0 Å². The van der Waals surface area contributed by atoms with Crippen molar-refractivity contribution >= 4 is 34.3 Å². The number of nitrogens with one attached hydrogen (secondary N) is 2. The van der Waals surface area contributed by atoms with Crippen LogP contribution in [0.25, 0.3) is 11.0 Å². The highest BCUT2D eigenvalue weighted by molar-refractivity contribution is 6.11. The lowest BCUT2D eigenvalue weighted by atomic mass is 10.1. The first-order valence-corrected chi connectivity index (χ1v) is 13.7. The number of esters is 1. The molecule has 1 amide bonds. The molecule has 1 fully saturated rings. The molecule has 1 aliphatic heterocycles. The van der Waals surface area contributed by atoms with Gasteiger partial charge in [-0.25, -0.2) is 9.78 Å². The zero-order valence-corrected chi connectivity index (χ0v) is 22.9. The molecule has 40 heavy (non-hydrogen) atoms. The monoisotopic (exact) mass is 541 g/mol. The molecular weight excluding hydrogens is 506 g/mol. The smallest absolute Gasteiger partial charge is 0.356 e. The van der Waals surface area contributed by atoms with E-state index in [0.29, 0.717) is 48.6 Å². The van der Waals surface area contributed by atoms with Crippen molar-refractivity contribution in [1.82, 2.24) is 14.5 Å². The summed E-state index contributed by atoms with van der Waals surface area (Å²) in [6.07, 6.45) is 8.44. The minimum absolute atomic E-state index is 0.102. The number of rotatable bonds is 11. The second-order valence-electron chi connectivity index (χ2n) is 10.2. The number of hydrogen-bond acceptors (Lipinski definition) is 7. The quantitative estimate of drug-likeness (QED) is 0.261. The summed E-state index contributed by atoms with van der Waals surface area (Å²) in [6.45, 7) is 3.55. The molecule has 4 aromatic rings. The van der Waals surface area contributed by atoms with Gasteiger partial charge in [-0.15, -0.1) is 0 Å². The average molecular weight is 542 g/mol. The molecule has 1 aromatic carbocycles. The van der Waals surface area contributed by atoms with Gasteiger partial charge in [-0.1, -0.05) is 36.4 Å². The molecule has 5 rings (SSSR count). The Balaban J connectivity index is 1.48. The number of benzene rings is 1. The summed E-state index contributed by atoms with van der Waals surface area (Å²) in [5.41, 5.74) is 4.48. The first-order chi connectivity index (χ1) is 19.5. The SMILES string of the molecule is COC(=O)c1c(NC(=O)[C@@H]2CCOC2)c2cc(N[C@H](C)Cc3cccnc3)cnc2n1CCCc1ccccc1. The van der Waals surface area contributed by atoms with Crippen molar-refractivity contribution in [2.45, 2.75) is 45.2 Å². The Labute approximate surface area is 233 Å². The minimum atomic E-state index is -0.518. The zero-order valence-electron chi connectivity index (χ0n) is 22.9. The van der Waals surface area contributed by atoms with E-state index in [2.05, 4.69) is 34.7 Å². The van der Waals surface area contributed by atoms with Gasteiger partial charge in [0.05, 0.1) is 37.2 Å². The molecule has 9 heteroatoms. The molecule has 1 saturated heterocycles. The fourth-order valence-electron chi connectivity index (χ4n) is 5.22. The molecule has 0 unspecified atom stereocenters. The molecular formula is C31H35N5O4. The molecule has 0 aliphatic carbocycles. The summed E-state index contributed by atoms with van der Waals surface area (Å²) in [6, 6.07) is 16.2. The Morgan fingerprint density at radius 2 is 1.98 bits per heavy atom. The number of hydrogen-bond donors (Lipinski definition) is 2. The molecule has 4 heterocycles. The van der Waals surface area contributed by atoms with Crippen LogP contribution in [0.5, 0.6) is 0 Å². The topological polar surface area (TPSA) is 107 Å². The second-order valence-corrected chi connectivity index (χ2v) is 10.2. The third-order valence-electron chi connectivity index (χ3n) is 7.19. The summed E-state index contributed by atoms with van der Waals surface area (Å²) in [5.74, 6) is -0.958. The molecule has 9 nitrogen and oxygen atoms in total. The number of aryl methyl sites for hydroxylation is 2. The molecule has 0 radical (unpaired) electrons. The number of fused-ring (bicyclic) bond motifs is 1. The third-order valence-corrected chi connectivity index (χ3v) is 7.19. The number of amides is 1. The molecule has 3 aromatic heterocycles. The van der Waals surface area contributed by atoms with Crippen LogP contribution in [0, 0.1) is 5.92 Å². The van der Waals surface area contributed by atoms with E-state index in [4.69, 9.17) is 14.5 Å². The van der Waals surface area contributed by atoms with Gasteiger partial charge in [-0.05, 0) is 55.9 Å². The van der Waals surface area contributed by atoms with Gasteiger partial charge in [0.25, 0.3) is 0 Å². The largest absolute Gasteiger partial charge is 0.464 e. The van der Waals surface area contributed by atoms with Gasteiger partial charge in [-0.3, -0.25) is 9.78 Å². The van der Waals surface area contributed by atoms with Gasteiger partial charge in [0.15, 0.2) is 5.69 Å². The Hall–Kier alpha value is -4.24. The van der Waals surface area contributed by atoms with Crippen molar-refractivity contribution in [1.29, 1.82) is 0 Å². The summed E-state index contributed by atoms with van der Waals surface area (Å²) >= 11 is 0. The van der Waals surface area contributed by atoms with Crippen molar-refractivity contribution in [3.63, 3.8) is 0 Å². The summed E-state index contributed by atoms with van der Waals surface area (Å²) in [7, 11) is 1.35. The Kier molecular flexibility index (Phi) is 8.71. The highest BCUT2D eigenvalue weighted by atomic mass is 16.5. The first-order valence-electron chi connectivity index (χ1n) is 13.7. The minimum Gasteiger partial charge on any atom is -0.464 e. The molecule has 0 spiro atoms. The van der Waals surface area contributed by atoms with Crippen LogP contribution >= 0.6 is 0 Å². The van der Waals surface area contributed by atoms with Crippen molar-refractivity contribution in [2.75, 3.05) is 31.0 Å². The fraction of sp³-hybridized carbons (Fsp3) is 0.355. The molecule has 208 valence electrons. The van der Waals surface area contributed by atoms with Crippen molar-refractivity contribution in [2.24, 2.45) is 5.92 Å². The second kappa shape index (κ2) is 12.7. The van der Waals surface area contributed by atoms with E-state index in [1.807, 2.05) is 47.2 Å². The number of methoxy groups -OCH3 is 1. The van der Waals surface area contributed by atoms with Crippen LogP contribution in [0.1, 0.15) is 41.4 Å². The van der Waals surface area contributed by atoms with Crippen molar-refractivity contribution < 1.29 is 19.1 Å². The maximum Gasteiger partial charge on any atom is 0.356 e. The average Bonchev–Trinajstić information content (AvgIpc) is 3.61. The third kappa shape index (κ3) is 6.31. The van der Waals surface area contributed by atoms with Crippen LogP contribution in [-0.4, -0.2) is 52.8 Å². The summed E-state index contributed by atoms with van der Waals surface area (Å²) < 4.78 is 12.5. The van der Waals surface area contributed by atoms with Crippen LogP contribution in [0.3, 0.4) is 0 Å². The highest BCUT2D eigenvalue weighted by Gasteiger charge is 2.30. The van der Waals surface area contributed by atoms with Crippen LogP contribution in [0.2, 0.25) is 0 Å². The lowest BCUT2D eigenvalue weighted by Gasteiger charge is -2.15. The fourth-order valence-corrected chi connectivity index (χ4v) is 5.22. The number of carbonyl (C=O) groups is 2. The van der Waals surface area contributed by atoms with E-state index < -0.39 is 5.97 Å². The lowest BCUT2D eigenvalue weighted by molar-refractivity contribution is -0.119. The molecule has 2 atom stereocenters. The van der Waals surface area contributed by atoms with Crippen LogP contribution in [0.4, 0.5) is 11.4 Å². The van der Waals surface area contributed by atoms with E-state index in [1.54, 1.807) is 12.4 Å². The van der Waals surface area contributed by atoms with E-state index in [0.717, 1.165) is 30.5 Å². The molecule has 0 bridgehead atoms. The Morgan fingerprint density at radius 1 is 1.15 bits per heavy atom. The lowest BCUT2D eigenvalue weighted by Crippen LogP contribution is -2.24. The number of ether oxygens (including phenoxy) is 2. The van der Waals surface area contributed by atoms with Crippen LogP contribution < -0.4 is 10.6 Å². The highest BCUT2D eigenvalue weighted by Crippen LogP contribution is 2.34. The number of nitrogens with zero attached hydrogens (tertiary/aromatic N) is 3. The molecule has 1 aliphatic rings. The Bertz CT molecular complexity index is 1450. The van der Waals surface area contributed by atoms with Gasteiger partial charge < -0.3 is 24.7 Å². The van der Waals surface area contributed by atoms with Gasteiger partial charge in [-0.2, -0.15) is 0 Å². The standard InChI is InChI=1S/C31H35N5O4/c1-21(16-23-10-6-13-32-18-23)34-25-17-26-27(35-30(37)24-12-15-40-20-24)28(31(38)39-2)36(29(26)33-19-25)14-7-11-22-8-4-3-5-9-22/h3-6,8-10,13,17-19,21,24,34H,7,11-12,14-16,20H2,1-2H3,(H,35,37)/t21-,24-/m1/s1. The van der Waals surface area contributed by atoms with Gasteiger partial charge in [0.2, 0.25) is 5.91 Å². The maximum atomic E-state index is 13.2. The predicted molar refractivity (Wildman–Crippen MR) is 154 cm³/mol. The zero-order chi connectivity index (χ0) is 27.9. The number of pyridine rings is 2. The van der Waals surface area contributed by atoms with Crippen LogP contribution in [-0.2, 0) is 33.7 Å². The van der Waals surface area contributed by atoms with Gasteiger partial charge in [0, 0.05) is 37.0 Å². The van der Waals surface area contributed by atoms with Gasteiger partial charge >= 0.3 is 5.97 Å². The van der Waals surface area contributed by atoms with Crippen molar-refractivity contribution in [3.05, 3.63) is 83.9 Å². The molecule has 2 N–H and O–H groups in total. The Morgan fingerprint density at radius 3 is 2.70 bits per heavy atom. The summed E-state index contributed by atoms with van der Waals surface area (Å²) in [4.78, 5) is 35.3. The maximum absolute atomic E-state index is 13.2. The summed E-state index contributed by atoms with van der Waals surface area (Å²) in [5, 5.41) is 7.24. The van der Waals surface area contributed by atoms with Gasteiger partial charge in [0.1, 0.15) is 5.65 Å². The molecule has 0 saturated carbocycles. The van der Waals surface area contributed by atoms with E-state index in [-0.39, 0.29) is 17.9 Å². The number of carbonyl (C=O) groups excluding carboxylic acids is 2. The number of aromatic nitrogens is 3. The van der Waals surface area contributed by atoms with Crippen molar-refractivity contribution in [3.8, 4) is 0 Å². The first kappa shape index (κ1) is 27.3. The van der Waals surface area contributed by atoms with E-state index in [9.17, 15) is 9.59 Å². The number of anilines is 2. The normalized spacial score (nSPS) is 15.6. The van der Waals surface area contributed by atoms with Crippen LogP contribution in [0.15, 0.2) is 67.1 Å².